The number of hydrogen-bond donors (Lipinski definition) is 0. The van der Waals surface area contributed by atoms with Crippen molar-refractivity contribution in [2.24, 2.45) is 0 Å². The largest absolute Gasteiger partial charge is 2.00 e. The van der Waals surface area contributed by atoms with E-state index in [2.05, 4.69) is 13.0 Å². The summed E-state index contributed by atoms with van der Waals surface area (Å²) >= 11 is 0. The van der Waals surface area contributed by atoms with E-state index < -0.39 is 0 Å². The summed E-state index contributed by atoms with van der Waals surface area (Å²) < 4.78 is 10.6. The molecule has 1 aromatic rings. The molecule has 0 aromatic heterocycles. The van der Waals surface area contributed by atoms with Crippen molar-refractivity contribution in [1.29, 1.82) is 0 Å². The Kier molecular flexibility index (Phi) is 15.8. The molecular weight excluding hydrogens is 280 g/mol. The van der Waals surface area contributed by atoms with Gasteiger partial charge < -0.3 is 26.5 Å². The molecule has 0 heterocycles. The fourth-order valence-electron chi connectivity index (χ4n) is 1.04. The molecule has 0 amide bonds. The molecule has 86 valence electrons. The van der Waals surface area contributed by atoms with Gasteiger partial charge in [-0.3, -0.25) is 0 Å². The van der Waals surface area contributed by atoms with Gasteiger partial charge in [0.25, 0.3) is 0 Å². The number of unbranched alkanes of at least 4 members (excludes halogenated alkanes) is 1. The van der Waals surface area contributed by atoms with Gasteiger partial charge in [0, 0.05) is 6.61 Å². The Hall–Kier alpha value is 0.386. The van der Waals surface area contributed by atoms with E-state index in [4.69, 9.17) is 9.47 Å². The third-order valence-electron chi connectivity index (χ3n) is 1.84. The van der Waals surface area contributed by atoms with Crippen molar-refractivity contribution in [2.45, 2.75) is 26.4 Å². The number of ether oxygens (including phenoxy) is 2. The average Bonchev–Trinajstić information content (AvgIpc) is 2.25. The van der Waals surface area contributed by atoms with E-state index in [1.165, 1.54) is 0 Å². The first-order valence-corrected chi connectivity index (χ1v) is 5.04. The predicted molar refractivity (Wildman–Crippen MR) is 61.5 cm³/mol. The molecular formula is C12H17BrMgO2. The van der Waals surface area contributed by atoms with E-state index in [1.54, 1.807) is 0 Å². The average molecular weight is 297 g/mol. The topological polar surface area (TPSA) is 18.5 Å². The van der Waals surface area contributed by atoms with E-state index in [-0.39, 0.29) is 40.0 Å². The van der Waals surface area contributed by atoms with Crippen LogP contribution in [0, 0.1) is 6.07 Å². The maximum atomic E-state index is 5.31. The molecule has 0 atom stereocenters. The number of hydrogen-bond acceptors (Lipinski definition) is 2. The van der Waals surface area contributed by atoms with Gasteiger partial charge in [0.15, 0.2) is 0 Å². The molecule has 0 unspecified atom stereocenters. The summed E-state index contributed by atoms with van der Waals surface area (Å²) in [5, 5.41) is 0. The maximum Gasteiger partial charge on any atom is 2.00 e. The van der Waals surface area contributed by atoms with Crippen molar-refractivity contribution in [3.05, 3.63) is 35.9 Å². The van der Waals surface area contributed by atoms with Gasteiger partial charge in [-0.25, -0.2) is 0 Å². The second-order valence-electron chi connectivity index (χ2n) is 3.12. The van der Waals surface area contributed by atoms with Crippen LogP contribution in [0.3, 0.4) is 0 Å². The van der Waals surface area contributed by atoms with Gasteiger partial charge in [0.2, 0.25) is 0 Å². The predicted octanol–water partition coefficient (Wildman–Crippen LogP) is -0.599. The molecule has 0 radical (unpaired) electrons. The molecule has 0 aliphatic carbocycles. The van der Waals surface area contributed by atoms with Crippen molar-refractivity contribution in [2.75, 3.05) is 13.4 Å². The van der Waals surface area contributed by atoms with Crippen LogP contribution in [0.15, 0.2) is 24.3 Å². The zero-order chi connectivity index (χ0) is 10.1. The van der Waals surface area contributed by atoms with Crippen molar-refractivity contribution in [3.8, 4) is 0 Å². The first-order chi connectivity index (χ1) is 6.93. The van der Waals surface area contributed by atoms with Crippen LogP contribution in [0.25, 0.3) is 0 Å². The van der Waals surface area contributed by atoms with Crippen LogP contribution in [0.2, 0.25) is 0 Å². The summed E-state index contributed by atoms with van der Waals surface area (Å²) in [5.74, 6) is 0. The SMILES string of the molecule is CCCCOCOCc1[c-]cccc1.[Br-].[Mg+2]. The molecule has 0 aliphatic heterocycles. The fraction of sp³-hybridized carbons (Fsp3) is 0.500. The Bertz CT molecular complexity index is 232. The Morgan fingerprint density at radius 1 is 1.25 bits per heavy atom. The maximum absolute atomic E-state index is 5.31. The molecule has 4 heteroatoms. The van der Waals surface area contributed by atoms with Gasteiger partial charge in [-0.05, 0) is 6.42 Å². The Balaban J connectivity index is 0. The smallest absolute Gasteiger partial charge is 1.00 e. The molecule has 1 rings (SSSR count). The first-order valence-electron chi connectivity index (χ1n) is 5.04. The second-order valence-corrected chi connectivity index (χ2v) is 3.12. The van der Waals surface area contributed by atoms with E-state index in [0.717, 1.165) is 25.0 Å². The zero-order valence-corrected chi connectivity index (χ0v) is 12.7. The van der Waals surface area contributed by atoms with Gasteiger partial charge in [-0.15, -0.1) is 5.56 Å². The van der Waals surface area contributed by atoms with E-state index in [9.17, 15) is 0 Å². The van der Waals surface area contributed by atoms with Crippen molar-refractivity contribution in [3.63, 3.8) is 0 Å². The summed E-state index contributed by atoms with van der Waals surface area (Å²) in [6.45, 7) is 3.88. The van der Waals surface area contributed by atoms with Gasteiger partial charge in [-0.1, -0.05) is 13.3 Å². The molecule has 0 aliphatic rings. The standard InChI is InChI=1S/C12H17O2.BrH.Mg/c1-2-3-9-13-11-14-10-12-7-5-4-6-8-12;;/h4-7H,2-3,9-11H2,1H3;1H;/q-1;;+2/p-1. The summed E-state index contributed by atoms with van der Waals surface area (Å²) in [7, 11) is 0. The second kappa shape index (κ2) is 13.5. The number of benzene rings is 1. The quantitative estimate of drug-likeness (QED) is 0.290. The van der Waals surface area contributed by atoms with Crippen LogP contribution in [0.5, 0.6) is 0 Å². The van der Waals surface area contributed by atoms with Gasteiger partial charge >= 0.3 is 23.1 Å². The molecule has 2 nitrogen and oxygen atoms in total. The van der Waals surface area contributed by atoms with E-state index in [1.807, 2.05) is 24.3 Å². The number of rotatable bonds is 7. The molecule has 0 N–H and O–H groups in total. The third kappa shape index (κ3) is 9.60. The van der Waals surface area contributed by atoms with Gasteiger partial charge in [-0.2, -0.15) is 30.3 Å². The summed E-state index contributed by atoms with van der Waals surface area (Å²) in [6.07, 6.45) is 2.26. The number of halogens is 1. The summed E-state index contributed by atoms with van der Waals surface area (Å²) in [6, 6.07) is 10.9. The fourth-order valence-corrected chi connectivity index (χ4v) is 1.04. The third-order valence-corrected chi connectivity index (χ3v) is 1.84. The first kappa shape index (κ1) is 18.7. The molecule has 0 spiro atoms. The van der Waals surface area contributed by atoms with Crippen molar-refractivity contribution < 1.29 is 26.5 Å². The minimum Gasteiger partial charge on any atom is -1.00 e. The van der Waals surface area contributed by atoms with Crippen LogP contribution < -0.4 is 17.0 Å². The van der Waals surface area contributed by atoms with Crippen molar-refractivity contribution >= 4 is 23.1 Å². The van der Waals surface area contributed by atoms with E-state index >= 15 is 0 Å². The Morgan fingerprint density at radius 2 is 2.06 bits per heavy atom. The zero-order valence-electron chi connectivity index (χ0n) is 9.75. The van der Waals surface area contributed by atoms with Crippen LogP contribution in [-0.4, -0.2) is 36.5 Å². The molecule has 0 saturated carbocycles. The van der Waals surface area contributed by atoms with Gasteiger partial charge in [0.05, 0.1) is 6.61 Å². The molecule has 16 heavy (non-hydrogen) atoms. The minimum absolute atomic E-state index is 0. The van der Waals surface area contributed by atoms with Crippen LogP contribution in [-0.2, 0) is 16.1 Å². The monoisotopic (exact) mass is 296 g/mol. The summed E-state index contributed by atoms with van der Waals surface area (Å²) in [4.78, 5) is 0. The minimum atomic E-state index is 0. The van der Waals surface area contributed by atoms with Gasteiger partial charge in [0.1, 0.15) is 6.79 Å². The molecule has 0 saturated heterocycles. The van der Waals surface area contributed by atoms with Crippen LogP contribution >= 0.6 is 0 Å². The normalized spacial score (nSPS) is 9.06. The Labute approximate surface area is 125 Å². The molecule has 0 fully saturated rings. The summed E-state index contributed by atoms with van der Waals surface area (Å²) in [5.41, 5.74) is 1.06. The molecule has 1 aromatic carbocycles. The van der Waals surface area contributed by atoms with Crippen LogP contribution in [0.1, 0.15) is 25.3 Å². The van der Waals surface area contributed by atoms with Crippen LogP contribution in [0.4, 0.5) is 0 Å². The van der Waals surface area contributed by atoms with Crippen molar-refractivity contribution in [1.82, 2.24) is 0 Å². The van der Waals surface area contributed by atoms with E-state index in [0.29, 0.717) is 13.4 Å². The Morgan fingerprint density at radius 3 is 2.69 bits per heavy atom. The molecule has 0 bridgehead atoms.